The number of fused-ring (bicyclic) bond motifs is 1. The van der Waals surface area contributed by atoms with Crippen molar-refractivity contribution in [3.63, 3.8) is 0 Å². The Bertz CT molecular complexity index is 553. The maximum Gasteiger partial charge on any atom is 0.586 e. The van der Waals surface area contributed by atoms with Crippen LogP contribution in [0.4, 0.5) is 8.78 Å². The van der Waals surface area contributed by atoms with E-state index in [1.54, 1.807) is 34.6 Å². The van der Waals surface area contributed by atoms with Crippen molar-refractivity contribution in [2.75, 3.05) is 0 Å². The van der Waals surface area contributed by atoms with Crippen LogP contribution in [-0.4, -0.2) is 30.1 Å². The van der Waals surface area contributed by atoms with Gasteiger partial charge in [-0.1, -0.05) is 5.56 Å². The highest BCUT2D eigenvalue weighted by Crippen LogP contribution is 2.40. The van der Waals surface area contributed by atoms with Gasteiger partial charge in [-0.15, -0.1) is 8.78 Å². The van der Waals surface area contributed by atoms with E-state index in [1.165, 1.54) is 19.6 Å². The molecule has 0 aliphatic carbocycles. The molecular weight excluding hydrogens is 281 g/mol. The molecule has 1 aliphatic heterocycles. The minimum atomic E-state index is -3.64. The second-order valence-electron chi connectivity index (χ2n) is 6.13. The number of aryl methyl sites for hydroxylation is 1. The molecule has 7 heteroatoms. The first-order chi connectivity index (χ1) is 9.41. The fourth-order valence-electron chi connectivity index (χ4n) is 1.60. The van der Waals surface area contributed by atoms with Crippen molar-refractivity contribution in [1.82, 2.24) is 0 Å². The first-order valence-corrected chi connectivity index (χ1v) is 6.55. The van der Waals surface area contributed by atoms with Gasteiger partial charge >= 0.3 is 13.8 Å². The Morgan fingerprint density at radius 2 is 1.67 bits per heavy atom. The third-order valence-corrected chi connectivity index (χ3v) is 3.74. The second kappa shape index (κ2) is 4.85. The Kier molecular flexibility index (Phi) is 3.70. The van der Waals surface area contributed by atoms with Crippen LogP contribution < -0.4 is 14.9 Å². The maximum atomic E-state index is 13.0. The zero-order valence-corrected chi connectivity index (χ0v) is 12.7. The molecule has 1 aliphatic rings. The Balaban J connectivity index is 2.17. The summed E-state index contributed by atoms with van der Waals surface area (Å²) in [5.41, 5.74) is -0.644. The third-order valence-electron chi connectivity index (χ3n) is 3.74. The van der Waals surface area contributed by atoms with Gasteiger partial charge in [0.2, 0.25) is 0 Å². The van der Waals surface area contributed by atoms with E-state index < -0.39 is 17.5 Å². The fourth-order valence-corrected chi connectivity index (χ4v) is 1.60. The molecule has 4 nitrogen and oxygen atoms in total. The lowest BCUT2D eigenvalue weighted by Crippen LogP contribution is -2.49. The van der Waals surface area contributed by atoms with Crippen molar-refractivity contribution in [2.45, 2.75) is 52.1 Å². The second-order valence-corrected chi connectivity index (χ2v) is 6.13. The molecular formula is C14H18BF2O4. The van der Waals surface area contributed by atoms with Gasteiger partial charge in [-0.2, -0.15) is 0 Å². The first-order valence-electron chi connectivity index (χ1n) is 6.55. The van der Waals surface area contributed by atoms with Crippen LogP contribution in [0.25, 0.3) is 0 Å². The molecule has 0 spiro atoms. The van der Waals surface area contributed by atoms with E-state index in [-0.39, 0.29) is 11.5 Å². The summed E-state index contributed by atoms with van der Waals surface area (Å²) in [5, 5.41) is 10.0. The lowest BCUT2D eigenvalue weighted by atomic mass is 9.80. The van der Waals surface area contributed by atoms with Crippen LogP contribution in [-0.2, 0) is 4.65 Å². The number of hydrogen-bond acceptors (Lipinski definition) is 4. The Labute approximate surface area is 123 Å². The number of halogens is 2. The Morgan fingerprint density at radius 1 is 1.14 bits per heavy atom. The van der Waals surface area contributed by atoms with E-state index in [1.807, 2.05) is 0 Å². The van der Waals surface area contributed by atoms with Crippen LogP contribution in [0.5, 0.6) is 11.5 Å². The summed E-state index contributed by atoms with van der Waals surface area (Å²) in [6.45, 7) is 8.48. The highest BCUT2D eigenvalue weighted by atomic mass is 19.3. The molecule has 0 amide bonds. The number of rotatable bonds is 4. The van der Waals surface area contributed by atoms with Gasteiger partial charge in [0.25, 0.3) is 0 Å². The topological polar surface area (TPSA) is 47.9 Å². The highest BCUT2D eigenvalue weighted by molar-refractivity contribution is 6.48. The molecule has 0 saturated carbocycles. The predicted molar refractivity (Wildman–Crippen MR) is 74.2 cm³/mol. The molecule has 0 unspecified atom stereocenters. The molecule has 115 valence electrons. The van der Waals surface area contributed by atoms with E-state index >= 15 is 0 Å². The monoisotopic (exact) mass is 299 g/mol. The van der Waals surface area contributed by atoms with Crippen molar-refractivity contribution < 1.29 is 28.0 Å². The molecule has 0 atom stereocenters. The summed E-state index contributed by atoms with van der Waals surface area (Å²) in [7, 11) is 1.42. The zero-order chi connectivity index (χ0) is 16.1. The van der Waals surface area contributed by atoms with Gasteiger partial charge in [0, 0.05) is 0 Å². The molecule has 1 aromatic carbocycles. The van der Waals surface area contributed by atoms with Crippen molar-refractivity contribution >= 4 is 12.9 Å². The van der Waals surface area contributed by atoms with Gasteiger partial charge in [0.05, 0.1) is 11.2 Å². The number of ether oxygens (including phenoxy) is 2. The Morgan fingerprint density at radius 3 is 2.19 bits per heavy atom. The van der Waals surface area contributed by atoms with Gasteiger partial charge in [-0.05, 0) is 52.2 Å². The highest BCUT2D eigenvalue weighted by Gasteiger charge is 2.44. The first kappa shape index (κ1) is 16.0. The van der Waals surface area contributed by atoms with Crippen molar-refractivity contribution in [1.29, 1.82) is 0 Å². The lowest BCUT2D eigenvalue weighted by Gasteiger charge is -2.37. The Hall–Kier alpha value is -1.34. The van der Waals surface area contributed by atoms with Gasteiger partial charge in [-0.3, -0.25) is 0 Å². The molecule has 0 aromatic heterocycles. The van der Waals surface area contributed by atoms with Gasteiger partial charge < -0.3 is 19.2 Å². The largest absolute Gasteiger partial charge is 0.586 e. The molecule has 2 rings (SSSR count). The van der Waals surface area contributed by atoms with Crippen LogP contribution in [0.15, 0.2) is 12.1 Å². The van der Waals surface area contributed by atoms with Crippen LogP contribution in [0.1, 0.15) is 33.3 Å². The summed E-state index contributed by atoms with van der Waals surface area (Å²) in [4.78, 5) is 0. The van der Waals surface area contributed by atoms with E-state index in [9.17, 15) is 13.9 Å². The van der Waals surface area contributed by atoms with Gasteiger partial charge in [0.1, 0.15) is 0 Å². The molecule has 0 saturated heterocycles. The summed E-state index contributed by atoms with van der Waals surface area (Å²) < 4.78 is 40.4. The normalized spacial score (nSPS) is 17.0. The van der Waals surface area contributed by atoms with Crippen molar-refractivity contribution in [3.8, 4) is 11.5 Å². The van der Waals surface area contributed by atoms with Gasteiger partial charge in [-0.25, -0.2) is 0 Å². The van der Waals surface area contributed by atoms with E-state index in [2.05, 4.69) is 9.47 Å². The summed E-state index contributed by atoms with van der Waals surface area (Å²) in [5.74, 6) is -0.0436. The summed E-state index contributed by atoms with van der Waals surface area (Å²) in [6.07, 6.45) is -3.64. The molecule has 1 heterocycles. The third kappa shape index (κ3) is 3.29. The molecule has 21 heavy (non-hydrogen) atoms. The van der Waals surface area contributed by atoms with Crippen LogP contribution in [0, 0.1) is 6.92 Å². The quantitative estimate of drug-likeness (QED) is 0.865. The average molecular weight is 299 g/mol. The molecule has 1 N–H and O–H groups in total. The summed E-state index contributed by atoms with van der Waals surface area (Å²) in [6, 6.07) is 2.88. The zero-order valence-electron chi connectivity index (χ0n) is 12.7. The van der Waals surface area contributed by atoms with Crippen LogP contribution >= 0.6 is 0 Å². The number of hydrogen-bond donors (Lipinski definition) is 1. The number of aliphatic hydroxyl groups is 1. The minimum Gasteiger partial charge on any atom is -0.427 e. The van der Waals surface area contributed by atoms with E-state index in [0.29, 0.717) is 11.0 Å². The van der Waals surface area contributed by atoms with Crippen LogP contribution in [0.3, 0.4) is 0 Å². The predicted octanol–water partition coefficient (Wildman–Crippen LogP) is 2.13. The van der Waals surface area contributed by atoms with Crippen LogP contribution in [0.2, 0.25) is 0 Å². The van der Waals surface area contributed by atoms with E-state index in [0.717, 1.165) is 0 Å². The van der Waals surface area contributed by atoms with Crippen molar-refractivity contribution in [2.24, 2.45) is 0 Å². The molecule has 1 radical (unpaired) electrons. The lowest BCUT2D eigenvalue weighted by molar-refractivity contribution is -0.286. The standard InChI is InChI=1S/C14H18BF2O4/c1-8-6-10-11(20-14(16,17)19-10)7-9(8)15-21-13(4,5)12(2,3)18/h6-7,18H,1-5H3. The molecule has 0 bridgehead atoms. The number of alkyl halides is 2. The molecule has 0 fully saturated rings. The van der Waals surface area contributed by atoms with Crippen molar-refractivity contribution in [3.05, 3.63) is 17.7 Å². The number of benzene rings is 1. The minimum absolute atomic E-state index is 0.00333. The SMILES string of the molecule is Cc1cc2c(cc1[B]OC(C)(C)C(C)(C)O)OC(F)(F)O2. The average Bonchev–Trinajstić information content (AvgIpc) is 2.57. The smallest absolute Gasteiger partial charge is 0.427 e. The van der Waals surface area contributed by atoms with Gasteiger partial charge in [0.15, 0.2) is 11.5 Å². The fraction of sp³-hybridized carbons (Fsp3) is 0.571. The maximum absolute atomic E-state index is 13.0. The van der Waals surface area contributed by atoms with E-state index in [4.69, 9.17) is 4.65 Å². The summed E-state index contributed by atoms with van der Waals surface area (Å²) >= 11 is 0. The molecule has 1 aromatic rings.